The number of nitrogens with one attached hydrogen (secondary N) is 1. The first-order chi connectivity index (χ1) is 7.87. The van der Waals surface area contributed by atoms with Gasteiger partial charge in [-0.05, 0) is 38.1 Å². The summed E-state index contributed by atoms with van der Waals surface area (Å²) in [5.41, 5.74) is -1.08. The summed E-state index contributed by atoms with van der Waals surface area (Å²) in [5.74, 6) is -1.75. The first kappa shape index (κ1) is 13.6. The zero-order valence-corrected chi connectivity index (χ0v) is 10.2. The van der Waals surface area contributed by atoms with E-state index in [-0.39, 0.29) is 6.33 Å². The molecule has 1 N–H and O–H groups in total. The molecule has 17 heavy (non-hydrogen) atoms. The highest BCUT2D eigenvalue weighted by atomic mass is 35.5. The van der Waals surface area contributed by atoms with Gasteiger partial charge in [-0.25, -0.2) is 8.78 Å². The number of anilines is 1. The Morgan fingerprint density at radius 3 is 2.35 bits per heavy atom. The van der Waals surface area contributed by atoms with Crippen molar-refractivity contribution in [3.05, 3.63) is 41.4 Å². The average molecular weight is 260 g/mol. The summed E-state index contributed by atoms with van der Waals surface area (Å²) in [7, 11) is 0. The second kappa shape index (κ2) is 5.27. The van der Waals surface area contributed by atoms with Crippen LogP contribution in [0.2, 0.25) is 5.02 Å². The molecule has 2 nitrogen and oxygen atoms in total. The Labute approximate surface area is 103 Å². The molecular weight excluding hydrogens is 248 g/mol. The summed E-state index contributed by atoms with van der Waals surface area (Å²) < 4.78 is 25.2. The fraction of sp³-hybridized carbons (Fsp3) is 0.250. The summed E-state index contributed by atoms with van der Waals surface area (Å²) in [6.07, 6.45) is -0.207. The third-order valence-electron chi connectivity index (χ3n) is 2.36. The third kappa shape index (κ3) is 3.27. The van der Waals surface area contributed by atoms with Gasteiger partial charge >= 0.3 is 0 Å². The van der Waals surface area contributed by atoms with E-state index < -0.39 is 17.1 Å². The van der Waals surface area contributed by atoms with Crippen LogP contribution in [0, 0.1) is 5.41 Å². The topological polar surface area (TPSA) is 29.1 Å². The van der Waals surface area contributed by atoms with Crippen LogP contribution in [0.15, 0.2) is 36.4 Å². The maximum atomic E-state index is 13.1. The van der Waals surface area contributed by atoms with Crippen LogP contribution in [-0.4, -0.2) is 5.91 Å². The Morgan fingerprint density at radius 1 is 1.35 bits per heavy atom. The first-order valence-corrected chi connectivity index (χ1v) is 5.29. The van der Waals surface area contributed by atoms with Gasteiger partial charge in [-0.15, -0.1) is 0 Å². The molecule has 92 valence electrons. The summed E-state index contributed by atoms with van der Waals surface area (Å²) in [4.78, 5) is 11.7. The predicted molar refractivity (Wildman–Crippen MR) is 64.2 cm³/mol. The smallest absolute Gasteiger partial charge is 0.236 e. The monoisotopic (exact) mass is 259 g/mol. The van der Waals surface area contributed by atoms with Crippen molar-refractivity contribution in [1.29, 1.82) is 0 Å². The van der Waals surface area contributed by atoms with Gasteiger partial charge in [0.2, 0.25) is 5.91 Å². The van der Waals surface area contributed by atoms with Crippen molar-refractivity contribution in [3.63, 3.8) is 0 Å². The van der Waals surface area contributed by atoms with Crippen LogP contribution in [0.4, 0.5) is 14.5 Å². The van der Waals surface area contributed by atoms with E-state index >= 15 is 0 Å². The molecule has 0 saturated carbocycles. The maximum absolute atomic E-state index is 13.1. The molecule has 0 aliphatic carbocycles. The van der Waals surface area contributed by atoms with Gasteiger partial charge in [0.05, 0.1) is 5.41 Å². The highest BCUT2D eigenvalue weighted by Gasteiger charge is 2.33. The summed E-state index contributed by atoms with van der Waals surface area (Å²) in [5, 5.41) is 3.00. The van der Waals surface area contributed by atoms with Gasteiger partial charge in [0.15, 0.2) is 0 Å². The van der Waals surface area contributed by atoms with E-state index in [9.17, 15) is 13.6 Å². The van der Waals surface area contributed by atoms with E-state index in [1.165, 1.54) is 13.8 Å². The number of hydrogen-bond donors (Lipinski definition) is 1. The van der Waals surface area contributed by atoms with E-state index in [0.717, 1.165) is 0 Å². The fourth-order valence-corrected chi connectivity index (χ4v) is 1.19. The largest absolute Gasteiger partial charge is 0.325 e. The van der Waals surface area contributed by atoms with E-state index in [1.54, 1.807) is 24.3 Å². The molecule has 0 aliphatic heterocycles. The summed E-state index contributed by atoms with van der Waals surface area (Å²) in [6.45, 7) is 2.59. The molecule has 1 amide bonds. The number of carbonyl (C=O) groups is 1. The molecule has 1 aromatic carbocycles. The predicted octanol–water partition coefficient (Wildman–Crippen LogP) is 4.09. The molecule has 0 bridgehead atoms. The Kier molecular flexibility index (Phi) is 4.23. The summed E-state index contributed by atoms with van der Waals surface area (Å²) >= 11 is 5.68. The van der Waals surface area contributed by atoms with Crippen LogP contribution in [0.3, 0.4) is 0 Å². The van der Waals surface area contributed by atoms with Crippen LogP contribution in [0.1, 0.15) is 13.8 Å². The van der Waals surface area contributed by atoms with Crippen LogP contribution >= 0.6 is 11.6 Å². The number of benzene rings is 1. The molecule has 0 aromatic heterocycles. The van der Waals surface area contributed by atoms with Crippen LogP contribution in [0.25, 0.3) is 0 Å². The quantitative estimate of drug-likeness (QED) is 0.870. The van der Waals surface area contributed by atoms with Crippen molar-refractivity contribution in [2.24, 2.45) is 5.41 Å². The second-order valence-corrected chi connectivity index (χ2v) is 4.48. The minimum Gasteiger partial charge on any atom is -0.325 e. The van der Waals surface area contributed by atoms with Gasteiger partial charge in [-0.1, -0.05) is 11.6 Å². The summed E-state index contributed by atoms with van der Waals surface area (Å²) in [6, 6.07) is 6.33. The molecule has 1 rings (SSSR count). The normalized spacial score (nSPS) is 12.4. The minimum absolute atomic E-state index is 0.207. The standard InChI is InChI=1S/C12H12ClF2NO/c1-12(2,10(15)7-14)11(17)16-9-5-3-8(13)4-6-9/h3-7H,1-2H3,(H,16,17)/b10-7-. The Hall–Kier alpha value is -1.42. The van der Waals surface area contributed by atoms with Gasteiger partial charge < -0.3 is 5.32 Å². The lowest BCUT2D eigenvalue weighted by molar-refractivity contribution is -0.123. The number of halogens is 3. The molecule has 0 saturated heterocycles. The van der Waals surface area contributed by atoms with Crippen LogP contribution in [0.5, 0.6) is 0 Å². The van der Waals surface area contributed by atoms with Crippen molar-refractivity contribution in [2.75, 3.05) is 5.32 Å². The van der Waals surface area contributed by atoms with Gasteiger partial charge in [0.25, 0.3) is 0 Å². The third-order valence-corrected chi connectivity index (χ3v) is 2.61. The van der Waals surface area contributed by atoms with Crippen LogP contribution in [-0.2, 0) is 4.79 Å². The molecule has 0 radical (unpaired) electrons. The number of carbonyl (C=O) groups excluding carboxylic acids is 1. The van der Waals surface area contributed by atoms with E-state index in [2.05, 4.69) is 5.32 Å². The molecule has 0 unspecified atom stereocenters. The molecule has 0 spiro atoms. The second-order valence-electron chi connectivity index (χ2n) is 4.04. The number of amides is 1. The van der Waals surface area contributed by atoms with Gasteiger partial charge in [-0.2, -0.15) is 0 Å². The fourth-order valence-electron chi connectivity index (χ4n) is 1.07. The average Bonchev–Trinajstić information content (AvgIpc) is 2.30. The zero-order chi connectivity index (χ0) is 13.1. The van der Waals surface area contributed by atoms with Gasteiger partial charge in [0, 0.05) is 10.7 Å². The van der Waals surface area contributed by atoms with Crippen molar-refractivity contribution in [2.45, 2.75) is 13.8 Å². The van der Waals surface area contributed by atoms with Crippen LogP contribution < -0.4 is 5.32 Å². The van der Waals surface area contributed by atoms with Crippen molar-refractivity contribution in [1.82, 2.24) is 0 Å². The van der Waals surface area contributed by atoms with Crippen molar-refractivity contribution >= 4 is 23.2 Å². The SMILES string of the molecule is CC(C)(C(=O)Nc1ccc(Cl)cc1)/C(F)=C/F. The van der Waals surface area contributed by atoms with E-state index in [4.69, 9.17) is 11.6 Å². The Bertz CT molecular complexity index is 440. The highest BCUT2D eigenvalue weighted by molar-refractivity contribution is 6.30. The molecule has 0 atom stereocenters. The van der Waals surface area contributed by atoms with Crippen molar-refractivity contribution in [3.8, 4) is 0 Å². The lowest BCUT2D eigenvalue weighted by Crippen LogP contribution is -2.31. The lowest BCUT2D eigenvalue weighted by Gasteiger charge is -2.20. The first-order valence-electron chi connectivity index (χ1n) is 4.91. The molecule has 0 heterocycles. The molecule has 5 heteroatoms. The van der Waals surface area contributed by atoms with Crippen molar-refractivity contribution < 1.29 is 13.6 Å². The molecule has 1 aromatic rings. The highest BCUT2D eigenvalue weighted by Crippen LogP contribution is 2.29. The van der Waals surface area contributed by atoms with Gasteiger partial charge in [-0.3, -0.25) is 4.79 Å². The minimum atomic E-state index is -1.55. The molecular formula is C12H12ClF2NO. The Balaban J connectivity index is 2.82. The van der Waals surface area contributed by atoms with E-state index in [1.807, 2.05) is 0 Å². The molecule has 0 aliphatic rings. The van der Waals surface area contributed by atoms with E-state index in [0.29, 0.717) is 10.7 Å². The lowest BCUT2D eigenvalue weighted by atomic mass is 9.91. The van der Waals surface area contributed by atoms with Gasteiger partial charge in [0.1, 0.15) is 12.2 Å². The zero-order valence-electron chi connectivity index (χ0n) is 9.43. The molecule has 0 fully saturated rings. The maximum Gasteiger partial charge on any atom is 0.236 e. The number of rotatable bonds is 3. The number of hydrogen-bond acceptors (Lipinski definition) is 1. The Morgan fingerprint density at radius 2 is 1.88 bits per heavy atom.